The number of alkyl carbamates (subject to hydrolysis) is 1. The molecule has 0 aliphatic carbocycles. The molecule has 2 rings (SSSR count). The Bertz CT molecular complexity index is 1030. The summed E-state index contributed by atoms with van der Waals surface area (Å²) in [6.45, 7) is 11.6. The molecule has 0 aliphatic rings. The van der Waals surface area contributed by atoms with Gasteiger partial charge in [0.15, 0.2) is 6.61 Å². The normalized spacial score (nSPS) is 10.9. The number of anilines is 1. The highest BCUT2D eigenvalue weighted by atomic mass is 16.6. The Morgan fingerprint density at radius 2 is 1.62 bits per heavy atom. The average Bonchev–Trinajstić information content (AvgIpc) is 2.74. The highest BCUT2D eigenvalue weighted by Gasteiger charge is 2.16. The molecule has 0 aliphatic heterocycles. The molecule has 0 radical (unpaired) electrons. The molecule has 0 unspecified atom stereocenters. The van der Waals surface area contributed by atoms with Crippen LogP contribution in [0, 0.1) is 20.8 Å². The molecular formula is C26H35N3O5. The second-order valence-corrected chi connectivity index (χ2v) is 9.15. The summed E-state index contributed by atoms with van der Waals surface area (Å²) in [5, 5.41) is 8.17. The summed E-state index contributed by atoms with van der Waals surface area (Å²) in [7, 11) is 0. The fraction of sp³-hybridized carbons (Fsp3) is 0.423. The minimum Gasteiger partial charge on any atom is -0.483 e. The van der Waals surface area contributed by atoms with E-state index in [9.17, 15) is 14.4 Å². The Hall–Kier alpha value is -3.55. The fourth-order valence-electron chi connectivity index (χ4n) is 3.12. The molecule has 0 bridgehead atoms. The smallest absolute Gasteiger partial charge is 0.407 e. The molecule has 0 aromatic heterocycles. The first-order valence-corrected chi connectivity index (χ1v) is 11.3. The van der Waals surface area contributed by atoms with Crippen LogP contribution in [-0.2, 0) is 20.9 Å². The predicted molar refractivity (Wildman–Crippen MR) is 132 cm³/mol. The highest BCUT2D eigenvalue weighted by molar-refractivity contribution is 5.92. The number of hydrogen-bond acceptors (Lipinski definition) is 5. The zero-order valence-corrected chi connectivity index (χ0v) is 20.8. The zero-order valence-electron chi connectivity index (χ0n) is 20.8. The number of hydrogen-bond donors (Lipinski definition) is 3. The summed E-state index contributed by atoms with van der Waals surface area (Å²) in [5.74, 6) is 0.255. The number of benzene rings is 2. The fourth-order valence-corrected chi connectivity index (χ4v) is 3.12. The van der Waals surface area contributed by atoms with Gasteiger partial charge in [-0.3, -0.25) is 9.59 Å². The maximum Gasteiger partial charge on any atom is 0.407 e. The largest absolute Gasteiger partial charge is 0.483 e. The number of aryl methyl sites for hydroxylation is 2. The maximum atomic E-state index is 12.4. The summed E-state index contributed by atoms with van der Waals surface area (Å²) in [5.41, 5.74) is 3.97. The lowest BCUT2D eigenvalue weighted by Crippen LogP contribution is -2.35. The zero-order chi connectivity index (χ0) is 25.3. The van der Waals surface area contributed by atoms with Crippen LogP contribution in [0.1, 0.15) is 49.4 Å². The van der Waals surface area contributed by atoms with E-state index in [0.29, 0.717) is 12.2 Å². The van der Waals surface area contributed by atoms with Crippen molar-refractivity contribution in [2.75, 3.05) is 18.5 Å². The van der Waals surface area contributed by atoms with Crippen LogP contribution in [-0.4, -0.2) is 36.7 Å². The standard InChI is InChI=1S/C26H35N3O5/c1-17-10-11-18(2)24(19(17)3)33-16-23(31)29-21-9-7-8-20(14-21)15-28-22(30)12-13-27-25(32)34-26(4,5)6/h7-11,14H,12-13,15-16H2,1-6H3,(H,27,32)(H,28,30)(H,29,31). The summed E-state index contributed by atoms with van der Waals surface area (Å²) >= 11 is 0. The van der Waals surface area contributed by atoms with Crippen LogP contribution < -0.4 is 20.7 Å². The van der Waals surface area contributed by atoms with Gasteiger partial charge in [-0.1, -0.05) is 24.3 Å². The van der Waals surface area contributed by atoms with Crippen LogP contribution in [0.5, 0.6) is 5.75 Å². The molecule has 3 amide bonds. The molecule has 0 fully saturated rings. The maximum absolute atomic E-state index is 12.4. The average molecular weight is 470 g/mol. The number of amides is 3. The van der Waals surface area contributed by atoms with Gasteiger partial charge >= 0.3 is 6.09 Å². The first-order valence-electron chi connectivity index (χ1n) is 11.3. The Labute approximate surface area is 201 Å². The van der Waals surface area contributed by atoms with Crippen molar-refractivity contribution in [3.63, 3.8) is 0 Å². The third kappa shape index (κ3) is 9.13. The number of rotatable bonds is 9. The first kappa shape index (κ1) is 26.7. The Morgan fingerprint density at radius 1 is 0.912 bits per heavy atom. The minimum absolute atomic E-state index is 0.100. The van der Waals surface area contributed by atoms with Crippen LogP contribution in [0.15, 0.2) is 36.4 Å². The molecule has 0 heterocycles. The summed E-state index contributed by atoms with van der Waals surface area (Å²) < 4.78 is 10.9. The Balaban J connectivity index is 1.78. The minimum atomic E-state index is -0.586. The van der Waals surface area contributed by atoms with Crippen molar-refractivity contribution in [1.82, 2.24) is 10.6 Å². The molecule has 3 N–H and O–H groups in total. The van der Waals surface area contributed by atoms with Crippen molar-refractivity contribution in [3.8, 4) is 5.75 Å². The lowest BCUT2D eigenvalue weighted by atomic mass is 10.1. The molecule has 0 spiro atoms. The molecule has 184 valence electrons. The van der Waals surface area contributed by atoms with E-state index in [2.05, 4.69) is 16.0 Å². The monoisotopic (exact) mass is 469 g/mol. The van der Waals surface area contributed by atoms with Gasteiger partial charge in [0.1, 0.15) is 11.4 Å². The molecule has 34 heavy (non-hydrogen) atoms. The van der Waals surface area contributed by atoms with E-state index in [-0.39, 0.29) is 31.4 Å². The quantitative estimate of drug-likeness (QED) is 0.511. The van der Waals surface area contributed by atoms with Gasteiger partial charge in [-0.25, -0.2) is 4.79 Å². The van der Waals surface area contributed by atoms with Crippen molar-refractivity contribution in [2.45, 2.75) is 60.1 Å². The van der Waals surface area contributed by atoms with E-state index >= 15 is 0 Å². The predicted octanol–water partition coefficient (Wildman–Crippen LogP) is 4.16. The number of carbonyl (C=O) groups excluding carboxylic acids is 3. The van der Waals surface area contributed by atoms with Gasteiger partial charge in [0.25, 0.3) is 5.91 Å². The Kier molecular flexibility index (Phi) is 9.47. The Morgan fingerprint density at radius 3 is 2.32 bits per heavy atom. The highest BCUT2D eigenvalue weighted by Crippen LogP contribution is 2.25. The van der Waals surface area contributed by atoms with Crippen LogP contribution in [0.25, 0.3) is 0 Å². The van der Waals surface area contributed by atoms with Crippen LogP contribution in [0.4, 0.5) is 10.5 Å². The summed E-state index contributed by atoms with van der Waals surface area (Å²) in [6, 6.07) is 11.2. The summed E-state index contributed by atoms with van der Waals surface area (Å²) in [4.78, 5) is 36.0. The number of ether oxygens (including phenoxy) is 2. The second kappa shape index (κ2) is 12.1. The van der Waals surface area contributed by atoms with Crippen LogP contribution in [0.2, 0.25) is 0 Å². The molecular weight excluding hydrogens is 434 g/mol. The van der Waals surface area contributed by atoms with E-state index in [0.717, 1.165) is 28.0 Å². The molecule has 8 heteroatoms. The number of carbonyl (C=O) groups is 3. The summed E-state index contributed by atoms with van der Waals surface area (Å²) in [6.07, 6.45) is -0.425. The van der Waals surface area contributed by atoms with Gasteiger partial charge in [0, 0.05) is 25.2 Å². The van der Waals surface area contributed by atoms with Crippen molar-refractivity contribution in [3.05, 3.63) is 58.7 Å². The molecule has 2 aromatic carbocycles. The second-order valence-electron chi connectivity index (χ2n) is 9.15. The topological polar surface area (TPSA) is 106 Å². The molecule has 0 saturated carbocycles. The van der Waals surface area contributed by atoms with E-state index < -0.39 is 11.7 Å². The van der Waals surface area contributed by atoms with E-state index in [1.807, 2.05) is 39.0 Å². The molecule has 0 atom stereocenters. The number of nitrogens with one attached hydrogen (secondary N) is 3. The van der Waals surface area contributed by atoms with Crippen LogP contribution in [0.3, 0.4) is 0 Å². The van der Waals surface area contributed by atoms with Gasteiger partial charge in [0.2, 0.25) is 5.91 Å². The van der Waals surface area contributed by atoms with E-state index in [4.69, 9.17) is 9.47 Å². The van der Waals surface area contributed by atoms with E-state index in [1.54, 1.807) is 39.0 Å². The molecule has 2 aromatic rings. The van der Waals surface area contributed by atoms with E-state index in [1.165, 1.54) is 0 Å². The van der Waals surface area contributed by atoms with Gasteiger partial charge in [-0.05, 0) is 75.9 Å². The van der Waals surface area contributed by atoms with Gasteiger partial charge in [0.05, 0.1) is 0 Å². The lowest BCUT2D eigenvalue weighted by Gasteiger charge is -2.19. The van der Waals surface area contributed by atoms with Crippen LogP contribution >= 0.6 is 0 Å². The van der Waals surface area contributed by atoms with Gasteiger partial charge < -0.3 is 25.4 Å². The SMILES string of the molecule is Cc1ccc(C)c(OCC(=O)Nc2cccc(CNC(=O)CCNC(=O)OC(C)(C)C)c2)c1C. The third-order valence-corrected chi connectivity index (χ3v) is 4.94. The first-order chi connectivity index (χ1) is 15.9. The molecule has 0 saturated heterocycles. The van der Waals surface area contributed by atoms with Crippen molar-refractivity contribution < 1.29 is 23.9 Å². The van der Waals surface area contributed by atoms with Gasteiger partial charge in [-0.15, -0.1) is 0 Å². The van der Waals surface area contributed by atoms with Crippen molar-refractivity contribution in [2.24, 2.45) is 0 Å². The van der Waals surface area contributed by atoms with Crippen molar-refractivity contribution >= 4 is 23.6 Å². The molecule has 8 nitrogen and oxygen atoms in total. The third-order valence-electron chi connectivity index (χ3n) is 4.94. The lowest BCUT2D eigenvalue weighted by molar-refractivity contribution is -0.121. The van der Waals surface area contributed by atoms with Gasteiger partial charge in [-0.2, -0.15) is 0 Å². The van der Waals surface area contributed by atoms with Crippen molar-refractivity contribution in [1.29, 1.82) is 0 Å².